The SMILES string of the molecule is COCCCn1c(SCCCCC#N)nc2scc(-c3ccccc3Cl)c2c1=O. The van der Waals surface area contributed by atoms with Gasteiger partial charge in [0.1, 0.15) is 4.83 Å². The monoisotopic (exact) mass is 447 g/mol. The van der Waals surface area contributed by atoms with E-state index < -0.39 is 0 Å². The predicted molar refractivity (Wildman–Crippen MR) is 121 cm³/mol. The Hall–Kier alpha value is -1.85. The standard InChI is InChI=1S/C21H22ClN3O2S2/c1-27-12-7-11-25-20(26)18-16(15-8-3-4-9-17(15)22)14-29-19(18)24-21(25)28-13-6-2-5-10-23/h3-4,8-9,14H,2,5-7,11-13H2,1H3. The lowest BCUT2D eigenvalue weighted by molar-refractivity contribution is 0.189. The van der Waals surface area contributed by atoms with Crippen LogP contribution in [0, 0.1) is 11.3 Å². The summed E-state index contributed by atoms with van der Waals surface area (Å²) >= 11 is 9.42. The molecular formula is C21H22ClN3O2S2. The third-order valence-electron chi connectivity index (χ3n) is 4.47. The number of hydrogen-bond donors (Lipinski definition) is 0. The van der Waals surface area contributed by atoms with Crippen LogP contribution in [-0.4, -0.2) is 29.0 Å². The van der Waals surface area contributed by atoms with E-state index in [1.807, 2.05) is 29.6 Å². The molecule has 8 heteroatoms. The maximum absolute atomic E-state index is 13.4. The Morgan fingerprint density at radius 1 is 1.28 bits per heavy atom. The fraction of sp³-hybridized carbons (Fsp3) is 0.381. The number of thiophene rings is 1. The van der Waals surface area contributed by atoms with Crippen LogP contribution in [0.5, 0.6) is 0 Å². The van der Waals surface area contributed by atoms with Gasteiger partial charge in [-0.05, 0) is 25.3 Å². The quantitative estimate of drug-likeness (QED) is 0.230. The van der Waals surface area contributed by atoms with Crippen LogP contribution in [0.15, 0.2) is 39.6 Å². The molecule has 3 rings (SSSR count). The zero-order valence-electron chi connectivity index (χ0n) is 16.2. The number of nitrogens with zero attached hydrogens (tertiary/aromatic N) is 3. The molecule has 0 bridgehead atoms. The lowest BCUT2D eigenvalue weighted by atomic mass is 10.1. The molecule has 0 saturated heterocycles. The molecule has 0 atom stereocenters. The van der Waals surface area contributed by atoms with E-state index in [-0.39, 0.29) is 5.56 Å². The summed E-state index contributed by atoms with van der Waals surface area (Å²) in [6.07, 6.45) is 3.06. The molecule has 0 amide bonds. The normalized spacial score (nSPS) is 11.1. The van der Waals surface area contributed by atoms with E-state index in [1.54, 1.807) is 23.4 Å². The molecule has 0 saturated carbocycles. The van der Waals surface area contributed by atoms with Crippen molar-refractivity contribution in [2.24, 2.45) is 0 Å². The van der Waals surface area contributed by atoms with Gasteiger partial charge in [-0.2, -0.15) is 5.26 Å². The highest BCUT2D eigenvalue weighted by molar-refractivity contribution is 7.99. The first-order valence-electron chi connectivity index (χ1n) is 9.43. The molecule has 3 aromatic rings. The predicted octanol–water partition coefficient (Wildman–Crippen LogP) is 5.60. The van der Waals surface area contributed by atoms with Crippen molar-refractivity contribution >= 4 is 44.9 Å². The van der Waals surface area contributed by atoms with Crippen molar-refractivity contribution in [2.45, 2.75) is 37.4 Å². The first kappa shape index (κ1) is 21.8. The van der Waals surface area contributed by atoms with E-state index in [9.17, 15) is 4.79 Å². The molecular weight excluding hydrogens is 426 g/mol. The van der Waals surface area contributed by atoms with Gasteiger partial charge in [-0.15, -0.1) is 11.3 Å². The van der Waals surface area contributed by atoms with Crippen LogP contribution >= 0.6 is 34.7 Å². The zero-order valence-corrected chi connectivity index (χ0v) is 18.6. The molecule has 1 aromatic carbocycles. The van der Waals surface area contributed by atoms with Crippen molar-refractivity contribution in [1.82, 2.24) is 9.55 Å². The Morgan fingerprint density at radius 3 is 2.86 bits per heavy atom. The van der Waals surface area contributed by atoms with Crippen LogP contribution < -0.4 is 5.56 Å². The van der Waals surface area contributed by atoms with Crippen LogP contribution in [0.1, 0.15) is 25.7 Å². The minimum atomic E-state index is -0.0400. The first-order valence-corrected chi connectivity index (χ1v) is 11.7. The van der Waals surface area contributed by atoms with Gasteiger partial charge in [0.05, 0.1) is 11.5 Å². The molecule has 29 heavy (non-hydrogen) atoms. The molecule has 0 aliphatic heterocycles. The topological polar surface area (TPSA) is 67.9 Å². The van der Waals surface area contributed by atoms with Crippen molar-refractivity contribution in [3.05, 3.63) is 45.0 Å². The van der Waals surface area contributed by atoms with Gasteiger partial charge in [-0.3, -0.25) is 9.36 Å². The number of rotatable bonds is 10. The Labute approximate surface area is 183 Å². The third kappa shape index (κ3) is 5.20. The highest BCUT2D eigenvalue weighted by atomic mass is 35.5. The summed E-state index contributed by atoms with van der Waals surface area (Å²) in [7, 11) is 1.66. The van der Waals surface area contributed by atoms with E-state index in [4.69, 9.17) is 26.6 Å². The number of methoxy groups -OCH3 is 1. The Morgan fingerprint density at radius 2 is 2.10 bits per heavy atom. The molecule has 0 radical (unpaired) electrons. The summed E-state index contributed by atoms with van der Waals surface area (Å²) in [5.41, 5.74) is 1.64. The lowest BCUT2D eigenvalue weighted by Gasteiger charge is -2.12. The largest absolute Gasteiger partial charge is 0.385 e. The highest BCUT2D eigenvalue weighted by Gasteiger charge is 2.18. The summed E-state index contributed by atoms with van der Waals surface area (Å²) in [5, 5.41) is 12.6. The van der Waals surface area contributed by atoms with Crippen LogP contribution in [0.4, 0.5) is 0 Å². The number of fused-ring (bicyclic) bond motifs is 1. The van der Waals surface area contributed by atoms with Gasteiger partial charge in [-0.25, -0.2) is 4.98 Å². The van der Waals surface area contributed by atoms with Crippen LogP contribution in [0.25, 0.3) is 21.3 Å². The number of ether oxygens (including phenoxy) is 1. The number of halogens is 1. The fourth-order valence-electron chi connectivity index (χ4n) is 3.03. The second-order valence-electron chi connectivity index (χ2n) is 6.47. The minimum absolute atomic E-state index is 0.0400. The Balaban J connectivity index is 2.00. The lowest BCUT2D eigenvalue weighted by Crippen LogP contribution is -2.24. The van der Waals surface area contributed by atoms with Gasteiger partial charge < -0.3 is 4.74 Å². The molecule has 0 N–H and O–H groups in total. The smallest absolute Gasteiger partial charge is 0.263 e. The summed E-state index contributed by atoms with van der Waals surface area (Å²) in [6.45, 7) is 1.13. The van der Waals surface area contributed by atoms with Gasteiger partial charge in [0.2, 0.25) is 0 Å². The molecule has 0 aliphatic rings. The number of hydrogen-bond acceptors (Lipinski definition) is 6. The molecule has 0 aliphatic carbocycles. The Bertz CT molecular complexity index is 1070. The van der Waals surface area contributed by atoms with E-state index >= 15 is 0 Å². The number of unbranched alkanes of at least 4 members (excludes halogenated alkanes) is 2. The van der Waals surface area contributed by atoms with Crippen molar-refractivity contribution in [2.75, 3.05) is 19.5 Å². The molecule has 0 fully saturated rings. The maximum Gasteiger partial charge on any atom is 0.263 e. The number of benzene rings is 1. The second-order valence-corrected chi connectivity index (χ2v) is 8.80. The van der Waals surface area contributed by atoms with Gasteiger partial charge in [0.15, 0.2) is 5.16 Å². The molecule has 2 aromatic heterocycles. The first-order chi connectivity index (χ1) is 14.2. The van der Waals surface area contributed by atoms with Gasteiger partial charge >= 0.3 is 0 Å². The van der Waals surface area contributed by atoms with Crippen molar-refractivity contribution < 1.29 is 4.74 Å². The van der Waals surface area contributed by atoms with Crippen molar-refractivity contribution in [3.8, 4) is 17.2 Å². The minimum Gasteiger partial charge on any atom is -0.385 e. The average molecular weight is 448 g/mol. The number of thioether (sulfide) groups is 1. The highest BCUT2D eigenvalue weighted by Crippen LogP contribution is 2.35. The van der Waals surface area contributed by atoms with E-state index in [0.717, 1.165) is 46.1 Å². The zero-order chi connectivity index (χ0) is 20.6. The molecule has 152 valence electrons. The fourth-order valence-corrected chi connectivity index (χ4v) is 5.27. The van der Waals surface area contributed by atoms with E-state index in [1.165, 1.54) is 11.3 Å². The van der Waals surface area contributed by atoms with E-state index in [0.29, 0.717) is 30.0 Å². The van der Waals surface area contributed by atoms with Crippen LogP contribution in [0.2, 0.25) is 5.02 Å². The average Bonchev–Trinajstić information content (AvgIpc) is 3.14. The van der Waals surface area contributed by atoms with Crippen LogP contribution in [-0.2, 0) is 11.3 Å². The van der Waals surface area contributed by atoms with Crippen molar-refractivity contribution in [1.29, 1.82) is 5.26 Å². The van der Waals surface area contributed by atoms with Gasteiger partial charge in [0, 0.05) is 54.0 Å². The summed E-state index contributed by atoms with van der Waals surface area (Å²) in [4.78, 5) is 19.0. The molecule has 2 heterocycles. The van der Waals surface area contributed by atoms with Gasteiger partial charge in [-0.1, -0.05) is 41.6 Å². The third-order valence-corrected chi connectivity index (χ3v) is 6.73. The second kappa shape index (κ2) is 10.8. The molecule has 5 nitrogen and oxygen atoms in total. The summed E-state index contributed by atoms with van der Waals surface area (Å²) < 4.78 is 6.91. The maximum atomic E-state index is 13.4. The summed E-state index contributed by atoms with van der Waals surface area (Å²) in [6, 6.07) is 9.72. The molecule has 0 spiro atoms. The van der Waals surface area contributed by atoms with Crippen LogP contribution in [0.3, 0.4) is 0 Å². The number of aromatic nitrogens is 2. The van der Waals surface area contributed by atoms with Gasteiger partial charge in [0.25, 0.3) is 5.56 Å². The molecule has 0 unspecified atom stereocenters. The summed E-state index contributed by atoms with van der Waals surface area (Å²) in [5.74, 6) is 0.826. The number of nitriles is 1. The van der Waals surface area contributed by atoms with Crippen molar-refractivity contribution in [3.63, 3.8) is 0 Å². The Kier molecular flexibility index (Phi) is 8.13. The van der Waals surface area contributed by atoms with E-state index in [2.05, 4.69) is 6.07 Å².